The van der Waals surface area contributed by atoms with Crippen LogP contribution >= 0.6 is 11.6 Å². The molecule has 2 N–H and O–H groups in total. The van der Waals surface area contributed by atoms with Gasteiger partial charge in [0.25, 0.3) is 0 Å². The molecule has 18 heavy (non-hydrogen) atoms. The lowest BCUT2D eigenvalue weighted by molar-refractivity contribution is -0.126. The summed E-state index contributed by atoms with van der Waals surface area (Å²) in [6, 6.07) is 6.14. The molecule has 3 amide bonds. The Morgan fingerprint density at radius 3 is 3.06 bits per heavy atom. The van der Waals surface area contributed by atoms with E-state index in [0.29, 0.717) is 23.8 Å². The van der Waals surface area contributed by atoms with E-state index in [1.165, 1.54) is 4.90 Å². The molecule has 0 saturated carbocycles. The fraction of sp³-hybridized carbons (Fsp3) is 0.333. The molecule has 0 spiro atoms. The molecule has 1 aromatic carbocycles. The molecule has 0 bridgehead atoms. The van der Waals surface area contributed by atoms with Gasteiger partial charge in [-0.05, 0) is 25.1 Å². The molecule has 1 aromatic rings. The minimum atomic E-state index is -0.460. The second kappa shape index (κ2) is 5.27. The lowest BCUT2D eigenvalue weighted by Gasteiger charge is -2.32. The normalized spacial score (nSPS) is 19.3. The fourth-order valence-corrected chi connectivity index (χ4v) is 2.01. The Morgan fingerprint density at radius 1 is 1.56 bits per heavy atom. The van der Waals surface area contributed by atoms with Crippen molar-refractivity contribution in [2.24, 2.45) is 0 Å². The average Bonchev–Trinajstić information content (AvgIpc) is 2.32. The number of carbonyl (C=O) groups excluding carboxylic acids is 2. The van der Waals surface area contributed by atoms with Gasteiger partial charge in [0.15, 0.2) is 0 Å². The van der Waals surface area contributed by atoms with Gasteiger partial charge in [0.05, 0.1) is 0 Å². The highest BCUT2D eigenvalue weighted by Crippen LogP contribution is 2.16. The Hall–Kier alpha value is -1.75. The van der Waals surface area contributed by atoms with E-state index >= 15 is 0 Å². The van der Waals surface area contributed by atoms with Gasteiger partial charge in [-0.1, -0.05) is 17.7 Å². The summed E-state index contributed by atoms with van der Waals surface area (Å²) < 4.78 is 0. The van der Waals surface area contributed by atoms with Gasteiger partial charge in [-0.25, -0.2) is 4.79 Å². The fourth-order valence-electron chi connectivity index (χ4n) is 1.82. The van der Waals surface area contributed by atoms with E-state index in [0.717, 1.165) is 0 Å². The largest absolute Gasteiger partial charge is 0.353 e. The zero-order valence-electron chi connectivity index (χ0n) is 9.94. The first-order valence-electron chi connectivity index (χ1n) is 5.69. The summed E-state index contributed by atoms with van der Waals surface area (Å²) in [4.78, 5) is 25.0. The SMILES string of the molecule is CC1C(=O)NCCN1C(=O)Nc1cccc(Cl)c1. The molecular formula is C12H14ClN3O2. The van der Waals surface area contributed by atoms with E-state index in [1.807, 2.05) is 0 Å². The van der Waals surface area contributed by atoms with Gasteiger partial charge in [-0.15, -0.1) is 0 Å². The summed E-state index contributed by atoms with van der Waals surface area (Å²) in [5, 5.41) is 5.99. The van der Waals surface area contributed by atoms with Crippen LogP contribution in [0.15, 0.2) is 24.3 Å². The highest BCUT2D eigenvalue weighted by atomic mass is 35.5. The van der Waals surface area contributed by atoms with Crippen LogP contribution in [0.2, 0.25) is 5.02 Å². The number of hydrogen-bond donors (Lipinski definition) is 2. The number of anilines is 1. The predicted molar refractivity (Wildman–Crippen MR) is 69.6 cm³/mol. The topological polar surface area (TPSA) is 61.4 Å². The second-order valence-electron chi connectivity index (χ2n) is 4.10. The first-order chi connectivity index (χ1) is 8.58. The van der Waals surface area contributed by atoms with Gasteiger partial charge in [-0.2, -0.15) is 0 Å². The Morgan fingerprint density at radius 2 is 2.33 bits per heavy atom. The molecule has 1 aliphatic rings. The molecule has 1 atom stereocenters. The quantitative estimate of drug-likeness (QED) is 0.813. The number of nitrogens with one attached hydrogen (secondary N) is 2. The lowest BCUT2D eigenvalue weighted by Crippen LogP contribution is -2.56. The molecule has 96 valence electrons. The number of rotatable bonds is 1. The van der Waals surface area contributed by atoms with Gasteiger partial charge in [0.1, 0.15) is 6.04 Å². The van der Waals surface area contributed by atoms with Crippen LogP contribution in [0, 0.1) is 0 Å². The summed E-state index contributed by atoms with van der Waals surface area (Å²) in [5.41, 5.74) is 0.616. The molecule has 0 radical (unpaired) electrons. The first-order valence-corrected chi connectivity index (χ1v) is 6.06. The monoisotopic (exact) mass is 267 g/mol. The van der Waals surface area contributed by atoms with Crippen LogP contribution in [-0.2, 0) is 4.79 Å². The summed E-state index contributed by atoms with van der Waals surface area (Å²) >= 11 is 5.84. The van der Waals surface area contributed by atoms with Crippen molar-refractivity contribution in [3.8, 4) is 0 Å². The van der Waals surface area contributed by atoms with Crippen LogP contribution in [0.4, 0.5) is 10.5 Å². The highest BCUT2D eigenvalue weighted by Gasteiger charge is 2.29. The van der Waals surface area contributed by atoms with Crippen LogP contribution < -0.4 is 10.6 Å². The van der Waals surface area contributed by atoms with E-state index in [2.05, 4.69) is 10.6 Å². The number of benzene rings is 1. The van der Waals surface area contributed by atoms with Crippen LogP contribution in [0.3, 0.4) is 0 Å². The number of nitrogens with zero attached hydrogens (tertiary/aromatic N) is 1. The van der Waals surface area contributed by atoms with Crippen molar-refractivity contribution in [2.75, 3.05) is 18.4 Å². The molecule has 1 aliphatic heterocycles. The standard InChI is InChI=1S/C12H14ClN3O2/c1-8-11(17)14-5-6-16(8)12(18)15-10-4-2-3-9(13)7-10/h2-4,7-8H,5-6H2,1H3,(H,14,17)(H,15,18). The summed E-state index contributed by atoms with van der Waals surface area (Å²) in [5.74, 6) is -0.137. The molecule has 0 aromatic heterocycles. The molecule has 1 heterocycles. The Labute approximate surface area is 110 Å². The van der Waals surface area contributed by atoms with E-state index < -0.39 is 6.04 Å². The van der Waals surface area contributed by atoms with Crippen molar-refractivity contribution in [2.45, 2.75) is 13.0 Å². The maximum Gasteiger partial charge on any atom is 0.322 e. The Bertz CT molecular complexity index is 478. The smallest absolute Gasteiger partial charge is 0.322 e. The molecule has 6 heteroatoms. The molecule has 5 nitrogen and oxygen atoms in total. The van der Waals surface area contributed by atoms with Crippen molar-refractivity contribution in [1.29, 1.82) is 0 Å². The van der Waals surface area contributed by atoms with Crippen molar-refractivity contribution < 1.29 is 9.59 Å². The maximum atomic E-state index is 12.0. The van der Waals surface area contributed by atoms with Gasteiger partial charge in [0.2, 0.25) is 5.91 Å². The molecule has 2 rings (SSSR count). The molecule has 1 unspecified atom stereocenters. The van der Waals surface area contributed by atoms with Gasteiger partial charge in [0, 0.05) is 23.8 Å². The lowest BCUT2D eigenvalue weighted by atomic mass is 10.2. The van der Waals surface area contributed by atoms with E-state index in [4.69, 9.17) is 11.6 Å². The van der Waals surface area contributed by atoms with Gasteiger partial charge < -0.3 is 15.5 Å². The zero-order valence-corrected chi connectivity index (χ0v) is 10.7. The number of halogens is 1. The van der Waals surface area contributed by atoms with Crippen molar-refractivity contribution >= 4 is 29.2 Å². The van der Waals surface area contributed by atoms with Crippen LogP contribution in [-0.4, -0.2) is 36.0 Å². The number of piperazine rings is 1. The van der Waals surface area contributed by atoms with Crippen LogP contribution in [0.25, 0.3) is 0 Å². The van der Waals surface area contributed by atoms with Crippen molar-refractivity contribution in [3.05, 3.63) is 29.3 Å². The van der Waals surface area contributed by atoms with Crippen molar-refractivity contribution in [1.82, 2.24) is 10.2 Å². The minimum Gasteiger partial charge on any atom is -0.353 e. The Kier molecular flexibility index (Phi) is 3.72. The zero-order chi connectivity index (χ0) is 13.1. The molecular weight excluding hydrogens is 254 g/mol. The minimum absolute atomic E-state index is 0.137. The average molecular weight is 268 g/mol. The third kappa shape index (κ3) is 2.73. The van der Waals surface area contributed by atoms with Crippen molar-refractivity contribution in [3.63, 3.8) is 0 Å². The van der Waals surface area contributed by atoms with E-state index in [9.17, 15) is 9.59 Å². The number of urea groups is 1. The number of amides is 3. The molecule has 1 fully saturated rings. The first kappa shape index (κ1) is 12.7. The Balaban J connectivity index is 2.05. The van der Waals surface area contributed by atoms with Gasteiger partial charge in [-0.3, -0.25) is 4.79 Å². The van der Waals surface area contributed by atoms with Crippen LogP contribution in [0.1, 0.15) is 6.92 Å². The molecule has 0 aliphatic carbocycles. The predicted octanol–water partition coefficient (Wildman–Crippen LogP) is 1.69. The van der Waals surface area contributed by atoms with Gasteiger partial charge >= 0.3 is 6.03 Å². The summed E-state index contributed by atoms with van der Waals surface area (Å²) in [7, 11) is 0. The second-order valence-corrected chi connectivity index (χ2v) is 4.54. The van der Waals surface area contributed by atoms with Crippen LogP contribution in [0.5, 0.6) is 0 Å². The maximum absolute atomic E-state index is 12.0. The summed E-state index contributed by atoms with van der Waals surface area (Å²) in [6.07, 6.45) is 0. The highest BCUT2D eigenvalue weighted by molar-refractivity contribution is 6.30. The van der Waals surface area contributed by atoms with E-state index in [1.54, 1.807) is 31.2 Å². The number of carbonyl (C=O) groups is 2. The summed E-state index contributed by atoms with van der Waals surface area (Å²) in [6.45, 7) is 2.68. The number of hydrogen-bond acceptors (Lipinski definition) is 2. The third-order valence-corrected chi connectivity index (χ3v) is 3.07. The molecule has 1 saturated heterocycles. The van der Waals surface area contributed by atoms with E-state index in [-0.39, 0.29) is 11.9 Å². The third-order valence-electron chi connectivity index (χ3n) is 2.84.